The van der Waals surface area contributed by atoms with Gasteiger partial charge in [0, 0.05) is 24.7 Å². The van der Waals surface area contributed by atoms with Crippen molar-refractivity contribution in [3.8, 4) is 0 Å². The highest BCUT2D eigenvalue weighted by Gasteiger charge is 2.22. The summed E-state index contributed by atoms with van der Waals surface area (Å²) in [4.78, 5) is 13.8. The molecule has 20 heavy (non-hydrogen) atoms. The zero-order valence-electron chi connectivity index (χ0n) is 11.4. The van der Waals surface area contributed by atoms with Crippen LogP contribution in [0.5, 0.6) is 0 Å². The van der Waals surface area contributed by atoms with E-state index < -0.39 is 11.6 Å². The molecule has 2 rings (SSSR count). The molecule has 1 aliphatic heterocycles. The van der Waals surface area contributed by atoms with Gasteiger partial charge in [0.15, 0.2) is 0 Å². The summed E-state index contributed by atoms with van der Waals surface area (Å²) in [6, 6.07) is 3.05. The van der Waals surface area contributed by atoms with E-state index in [1.54, 1.807) is 11.9 Å². The van der Waals surface area contributed by atoms with Crippen molar-refractivity contribution in [1.29, 1.82) is 0 Å². The number of nitrogens with zero attached hydrogens (tertiary/aromatic N) is 1. The highest BCUT2D eigenvalue weighted by molar-refractivity contribution is 5.94. The van der Waals surface area contributed by atoms with E-state index in [0.29, 0.717) is 0 Å². The molecule has 0 radical (unpaired) electrons. The van der Waals surface area contributed by atoms with E-state index in [0.717, 1.165) is 50.6 Å². The minimum absolute atomic E-state index is 0. The first kappa shape index (κ1) is 16.9. The lowest BCUT2D eigenvalue weighted by molar-refractivity contribution is 0.0719. The van der Waals surface area contributed by atoms with Crippen LogP contribution in [0, 0.1) is 11.6 Å². The molecule has 6 heteroatoms. The largest absolute Gasteiger partial charge is 0.339 e. The van der Waals surface area contributed by atoms with Gasteiger partial charge >= 0.3 is 0 Å². The van der Waals surface area contributed by atoms with Crippen LogP contribution in [0.3, 0.4) is 0 Å². The molecule has 0 aliphatic carbocycles. The molecule has 0 bridgehead atoms. The van der Waals surface area contributed by atoms with Gasteiger partial charge in [0.25, 0.3) is 5.91 Å². The minimum atomic E-state index is -0.723. The molecule has 1 amide bonds. The first-order valence-corrected chi connectivity index (χ1v) is 6.52. The van der Waals surface area contributed by atoms with Crippen molar-refractivity contribution in [2.75, 3.05) is 20.1 Å². The fourth-order valence-electron chi connectivity index (χ4n) is 2.43. The Balaban J connectivity index is 0.00000200. The lowest BCUT2D eigenvalue weighted by atomic mass is 10.1. The third kappa shape index (κ3) is 4.15. The number of nitrogens with one attached hydrogen (secondary N) is 1. The van der Waals surface area contributed by atoms with Gasteiger partial charge in [0.1, 0.15) is 11.6 Å². The van der Waals surface area contributed by atoms with Crippen LogP contribution in [0.2, 0.25) is 0 Å². The SMILES string of the molecule is CN(C(=O)c1cc(F)cc(F)c1)C1CCCNCC1.Cl. The maximum Gasteiger partial charge on any atom is 0.254 e. The van der Waals surface area contributed by atoms with E-state index in [-0.39, 0.29) is 29.9 Å². The molecule has 1 aromatic carbocycles. The second-order valence-electron chi connectivity index (χ2n) is 4.91. The van der Waals surface area contributed by atoms with Crippen LogP contribution >= 0.6 is 12.4 Å². The molecule has 1 fully saturated rings. The Kier molecular flexibility index (Phi) is 6.36. The Bertz CT molecular complexity index is 442. The van der Waals surface area contributed by atoms with Crippen molar-refractivity contribution in [3.05, 3.63) is 35.4 Å². The summed E-state index contributed by atoms with van der Waals surface area (Å²) in [5.74, 6) is -1.77. The number of hydrogen-bond donors (Lipinski definition) is 1. The van der Waals surface area contributed by atoms with Crippen LogP contribution in [0.15, 0.2) is 18.2 Å². The van der Waals surface area contributed by atoms with Crippen molar-refractivity contribution in [2.24, 2.45) is 0 Å². The summed E-state index contributed by atoms with van der Waals surface area (Å²) < 4.78 is 26.3. The van der Waals surface area contributed by atoms with Gasteiger partial charge in [-0.2, -0.15) is 0 Å². The zero-order valence-corrected chi connectivity index (χ0v) is 12.2. The summed E-state index contributed by atoms with van der Waals surface area (Å²) in [5.41, 5.74) is 0.0669. The Morgan fingerprint density at radius 2 is 1.85 bits per heavy atom. The standard InChI is InChI=1S/C14H18F2N2O.ClH/c1-18(13-3-2-5-17-6-4-13)14(19)10-7-11(15)9-12(16)8-10;/h7-9,13,17H,2-6H2,1H3;1H. The number of hydrogen-bond acceptors (Lipinski definition) is 2. The Morgan fingerprint density at radius 3 is 2.50 bits per heavy atom. The fourth-order valence-corrected chi connectivity index (χ4v) is 2.43. The first-order chi connectivity index (χ1) is 9.08. The molecule has 1 unspecified atom stereocenters. The molecule has 0 spiro atoms. The van der Waals surface area contributed by atoms with Crippen LogP contribution in [-0.2, 0) is 0 Å². The quantitative estimate of drug-likeness (QED) is 0.911. The molecular formula is C14H19ClF2N2O. The van der Waals surface area contributed by atoms with Gasteiger partial charge in [-0.05, 0) is 44.5 Å². The van der Waals surface area contributed by atoms with Crippen molar-refractivity contribution in [3.63, 3.8) is 0 Å². The van der Waals surface area contributed by atoms with E-state index in [4.69, 9.17) is 0 Å². The molecule has 1 atom stereocenters. The minimum Gasteiger partial charge on any atom is -0.339 e. The second kappa shape index (κ2) is 7.55. The monoisotopic (exact) mass is 304 g/mol. The van der Waals surface area contributed by atoms with Gasteiger partial charge in [-0.25, -0.2) is 8.78 Å². The summed E-state index contributed by atoms with van der Waals surface area (Å²) in [7, 11) is 1.70. The lowest BCUT2D eigenvalue weighted by Gasteiger charge is -2.27. The second-order valence-corrected chi connectivity index (χ2v) is 4.91. The van der Waals surface area contributed by atoms with Gasteiger partial charge in [-0.15, -0.1) is 12.4 Å². The molecule has 1 heterocycles. The molecule has 0 saturated carbocycles. The number of rotatable bonds is 2. The van der Waals surface area contributed by atoms with Crippen LogP contribution in [-0.4, -0.2) is 37.0 Å². The third-order valence-electron chi connectivity index (χ3n) is 3.52. The Hall–Kier alpha value is -1.20. The van der Waals surface area contributed by atoms with Crippen LogP contribution in [0.4, 0.5) is 8.78 Å². The predicted octanol–water partition coefficient (Wildman–Crippen LogP) is 2.60. The van der Waals surface area contributed by atoms with E-state index in [9.17, 15) is 13.6 Å². The van der Waals surface area contributed by atoms with Gasteiger partial charge in [0.2, 0.25) is 0 Å². The fraction of sp³-hybridized carbons (Fsp3) is 0.500. The average molecular weight is 305 g/mol. The summed E-state index contributed by atoms with van der Waals surface area (Å²) in [6.07, 6.45) is 2.77. The number of carbonyl (C=O) groups excluding carboxylic acids is 1. The topological polar surface area (TPSA) is 32.3 Å². The number of carbonyl (C=O) groups is 1. The molecule has 1 saturated heterocycles. The van der Waals surface area contributed by atoms with Gasteiger partial charge < -0.3 is 10.2 Å². The van der Waals surface area contributed by atoms with Gasteiger partial charge in [-0.1, -0.05) is 0 Å². The summed E-state index contributed by atoms with van der Waals surface area (Å²) in [5, 5.41) is 3.27. The van der Waals surface area contributed by atoms with E-state index in [1.807, 2.05) is 0 Å². The Morgan fingerprint density at radius 1 is 1.20 bits per heavy atom. The maximum atomic E-state index is 13.1. The van der Waals surface area contributed by atoms with Crippen molar-refractivity contribution in [1.82, 2.24) is 10.2 Å². The van der Waals surface area contributed by atoms with E-state index >= 15 is 0 Å². The van der Waals surface area contributed by atoms with E-state index in [2.05, 4.69) is 5.32 Å². The molecular weight excluding hydrogens is 286 g/mol. The lowest BCUT2D eigenvalue weighted by Crippen LogP contribution is -2.37. The molecule has 112 valence electrons. The highest BCUT2D eigenvalue weighted by Crippen LogP contribution is 2.16. The maximum absolute atomic E-state index is 13.1. The summed E-state index contributed by atoms with van der Waals surface area (Å²) in [6.45, 7) is 1.81. The summed E-state index contributed by atoms with van der Waals surface area (Å²) >= 11 is 0. The van der Waals surface area contributed by atoms with Gasteiger partial charge in [-0.3, -0.25) is 4.79 Å². The number of benzene rings is 1. The van der Waals surface area contributed by atoms with Crippen LogP contribution < -0.4 is 5.32 Å². The average Bonchev–Trinajstić information content (AvgIpc) is 2.64. The van der Waals surface area contributed by atoms with Crippen LogP contribution in [0.25, 0.3) is 0 Å². The van der Waals surface area contributed by atoms with Gasteiger partial charge in [0.05, 0.1) is 0 Å². The molecule has 1 aromatic rings. The van der Waals surface area contributed by atoms with Crippen molar-refractivity contribution >= 4 is 18.3 Å². The molecule has 1 aliphatic rings. The molecule has 1 N–H and O–H groups in total. The highest BCUT2D eigenvalue weighted by atomic mass is 35.5. The smallest absolute Gasteiger partial charge is 0.254 e. The van der Waals surface area contributed by atoms with Crippen molar-refractivity contribution < 1.29 is 13.6 Å². The number of halogens is 3. The third-order valence-corrected chi connectivity index (χ3v) is 3.52. The molecule has 3 nitrogen and oxygen atoms in total. The number of amides is 1. The predicted molar refractivity (Wildman–Crippen MR) is 76.2 cm³/mol. The zero-order chi connectivity index (χ0) is 13.8. The van der Waals surface area contributed by atoms with Crippen LogP contribution in [0.1, 0.15) is 29.6 Å². The van der Waals surface area contributed by atoms with Crippen molar-refractivity contribution in [2.45, 2.75) is 25.3 Å². The Labute approximate surface area is 123 Å². The van der Waals surface area contributed by atoms with E-state index in [1.165, 1.54) is 0 Å². The first-order valence-electron chi connectivity index (χ1n) is 6.52. The normalized spacial score (nSPS) is 18.9. The molecule has 0 aromatic heterocycles.